The number of hydrogen-bond donors (Lipinski definition) is 2. The van der Waals surface area contributed by atoms with Crippen LogP contribution in [0.15, 0.2) is 30.3 Å². The third-order valence-corrected chi connectivity index (χ3v) is 4.62. The highest BCUT2D eigenvalue weighted by Crippen LogP contribution is 2.32. The normalized spacial score (nSPS) is 14.0. The van der Waals surface area contributed by atoms with Crippen LogP contribution in [0.5, 0.6) is 0 Å². The van der Waals surface area contributed by atoms with Gasteiger partial charge in [0.05, 0.1) is 5.56 Å². The number of nitrogen functional groups attached to an aromatic ring is 1. The van der Waals surface area contributed by atoms with Crippen molar-refractivity contribution >= 4 is 28.3 Å². The van der Waals surface area contributed by atoms with Crippen molar-refractivity contribution in [2.24, 2.45) is 5.73 Å². The number of rotatable bonds is 7. The van der Waals surface area contributed by atoms with Crippen molar-refractivity contribution in [3.63, 3.8) is 0 Å². The molecule has 0 atom stereocenters. The van der Waals surface area contributed by atoms with Crippen molar-refractivity contribution in [1.82, 2.24) is 9.80 Å². The Morgan fingerprint density at radius 1 is 1.04 bits per heavy atom. The maximum atomic E-state index is 12.8. The molecule has 1 heterocycles. The second-order valence-electron chi connectivity index (χ2n) is 6.53. The van der Waals surface area contributed by atoms with Gasteiger partial charge in [0.2, 0.25) is 0 Å². The third kappa shape index (κ3) is 3.36. The highest BCUT2D eigenvalue weighted by molar-refractivity contribution is 6.25. The van der Waals surface area contributed by atoms with Gasteiger partial charge in [-0.2, -0.15) is 0 Å². The highest BCUT2D eigenvalue weighted by Gasteiger charge is 2.32. The van der Waals surface area contributed by atoms with Crippen LogP contribution >= 0.6 is 0 Å². The summed E-state index contributed by atoms with van der Waals surface area (Å²) in [6.07, 6.45) is 1.67. The molecule has 0 unspecified atom stereocenters. The third-order valence-electron chi connectivity index (χ3n) is 4.62. The van der Waals surface area contributed by atoms with Gasteiger partial charge in [0.1, 0.15) is 0 Å². The van der Waals surface area contributed by atoms with Gasteiger partial charge in [0, 0.05) is 23.2 Å². The summed E-state index contributed by atoms with van der Waals surface area (Å²) in [6.45, 7) is 2.78. The zero-order valence-electron chi connectivity index (χ0n) is 14.5. The molecule has 0 aromatic heterocycles. The molecule has 2 aromatic carbocycles. The Bertz CT molecular complexity index is 818. The first-order chi connectivity index (χ1) is 12.0. The van der Waals surface area contributed by atoms with Crippen molar-refractivity contribution in [1.29, 1.82) is 0 Å². The first-order valence-corrected chi connectivity index (χ1v) is 8.60. The number of benzene rings is 2. The van der Waals surface area contributed by atoms with Gasteiger partial charge < -0.3 is 16.4 Å². The molecule has 3 rings (SSSR count). The predicted octanol–water partition coefficient (Wildman–Crippen LogP) is 1.69. The highest BCUT2D eigenvalue weighted by atomic mass is 16.2. The standard InChI is InChI=1S/C19H24N4O2/c1-22(8-3-7-20)9-4-10-23-18(24)15-6-2-5-13-11-14(21)12-16(17(13)15)19(23)25/h2,5-6,11-12H,3-4,7-10,20-21H2,1H3. The van der Waals surface area contributed by atoms with Crippen molar-refractivity contribution in [3.05, 3.63) is 41.5 Å². The quantitative estimate of drug-likeness (QED) is 0.591. The molecule has 6 heteroatoms. The van der Waals surface area contributed by atoms with E-state index in [0.717, 1.165) is 31.3 Å². The molecule has 4 N–H and O–H groups in total. The first-order valence-electron chi connectivity index (χ1n) is 8.60. The summed E-state index contributed by atoms with van der Waals surface area (Å²) in [5, 5.41) is 1.54. The summed E-state index contributed by atoms with van der Waals surface area (Å²) in [4.78, 5) is 29.1. The minimum Gasteiger partial charge on any atom is -0.399 e. The van der Waals surface area contributed by atoms with Gasteiger partial charge in [-0.25, -0.2) is 0 Å². The van der Waals surface area contributed by atoms with Gasteiger partial charge in [-0.1, -0.05) is 12.1 Å². The number of carbonyl (C=O) groups excluding carboxylic acids is 2. The number of hydrogen-bond acceptors (Lipinski definition) is 5. The van der Waals surface area contributed by atoms with Crippen molar-refractivity contribution in [2.75, 3.05) is 39.0 Å². The Hall–Kier alpha value is -2.44. The molecule has 1 aliphatic rings. The van der Waals surface area contributed by atoms with Crippen LogP contribution in [0.4, 0.5) is 5.69 Å². The van der Waals surface area contributed by atoms with E-state index in [0.29, 0.717) is 35.3 Å². The molecule has 0 spiro atoms. The van der Waals surface area contributed by atoms with E-state index < -0.39 is 0 Å². The Morgan fingerprint density at radius 2 is 1.76 bits per heavy atom. The van der Waals surface area contributed by atoms with E-state index in [2.05, 4.69) is 4.90 Å². The van der Waals surface area contributed by atoms with Crippen LogP contribution in [0.25, 0.3) is 10.8 Å². The van der Waals surface area contributed by atoms with Crippen LogP contribution < -0.4 is 11.5 Å². The van der Waals surface area contributed by atoms with E-state index in [-0.39, 0.29) is 11.8 Å². The fourth-order valence-electron chi connectivity index (χ4n) is 3.36. The van der Waals surface area contributed by atoms with Gasteiger partial charge in [-0.3, -0.25) is 14.5 Å². The number of nitrogens with two attached hydrogens (primary N) is 2. The van der Waals surface area contributed by atoms with E-state index in [1.165, 1.54) is 4.90 Å². The maximum Gasteiger partial charge on any atom is 0.261 e. The van der Waals surface area contributed by atoms with Crippen LogP contribution in [0.2, 0.25) is 0 Å². The monoisotopic (exact) mass is 340 g/mol. The smallest absolute Gasteiger partial charge is 0.261 e. The molecule has 0 saturated carbocycles. The van der Waals surface area contributed by atoms with Crippen molar-refractivity contribution in [3.8, 4) is 0 Å². The molecule has 2 aromatic rings. The maximum absolute atomic E-state index is 12.8. The average molecular weight is 340 g/mol. The van der Waals surface area contributed by atoms with E-state index in [9.17, 15) is 9.59 Å². The number of anilines is 1. The molecular weight excluding hydrogens is 316 g/mol. The number of imide groups is 1. The zero-order chi connectivity index (χ0) is 18.0. The zero-order valence-corrected chi connectivity index (χ0v) is 14.5. The molecule has 0 bridgehead atoms. The minimum atomic E-state index is -0.259. The molecule has 25 heavy (non-hydrogen) atoms. The largest absolute Gasteiger partial charge is 0.399 e. The first kappa shape index (κ1) is 17.4. The van der Waals surface area contributed by atoms with E-state index in [1.807, 2.05) is 19.2 Å². The van der Waals surface area contributed by atoms with Crippen molar-refractivity contribution in [2.45, 2.75) is 12.8 Å². The van der Waals surface area contributed by atoms with Gasteiger partial charge in [-0.15, -0.1) is 0 Å². The Morgan fingerprint density at radius 3 is 2.52 bits per heavy atom. The van der Waals surface area contributed by atoms with Crippen LogP contribution in [-0.2, 0) is 0 Å². The van der Waals surface area contributed by atoms with Gasteiger partial charge in [0.25, 0.3) is 11.8 Å². The molecule has 1 aliphatic heterocycles. The average Bonchev–Trinajstić information content (AvgIpc) is 2.60. The van der Waals surface area contributed by atoms with Crippen LogP contribution in [0, 0.1) is 0 Å². The lowest BCUT2D eigenvalue weighted by Gasteiger charge is -2.28. The number of carbonyl (C=O) groups is 2. The fourth-order valence-corrected chi connectivity index (χ4v) is 3.36. The molecule has 2 amide bonds. The summed E-state index contributed by atoms with van der Waals surface area (Å²) in [7, 11) is 2.02. The Labute approximate surface area is 147 Å². The topological polar surface area (TPSA) is 92.7 Å². The summed E-state index contributed by atoms with van der Waals surface area (Å²) >= 11 is 0. The molecule has 0 fully saturated rings. The molecule has 6 nitrogen and oxygen atoms in total. The van der Waals surface area contributed by atoms with Gasteiger partial charge in [0.15, 0.2) is 0 Å². The molecule has 0 saturated heterocycles. The lowest BCUT2D eigenvalue weighted by molar-refractivity contribution is 0.0605. The Balaban J connectivity index is 1.80. The van der Waals surface area contributed by atoms with Crippen LogP contribution in [0.1, 0.15) is 33.6 Å². The van der Waals surface area contributed by atoms with Gasteiger partial charge >= 0.3 is 0 Å². The summed E-state index contributed by atoms with van der Waals surface area (Å²) < 4.78 is 0. The van der Waals surface area contributed by atoms with Crippen molar-refractivity contribution < 1.29 is 9.59 Å². The van der Waals surface area contributed by atoms with Crippen LogP contribution in [0.3, 0.4) is 0 Å². The second-order valence-corrected chi connectivity index (χ2v) is 6.53. The number of nitrogens with zero attached hydrogens (tertiary/aromatic N) is 2. The van der Waals surface area contributed by atoms with E-state index >= 15 is 0 Å². The lowest BCUT2D eigenvalue weighted by atomic mass is 9.93. The molecule has 132 valence electrons. The molecular formula is C19H24N4O2. The lowest BCUT2D eigenvalue weighted by Crippen LogP contribution is -2.41. The summed E-state index contributed by atoms with van der Waals surface area (Å²) in [6, 6.07) is 8.94. The SMILES string of the molecule is CN(CCCN)CCCN1C(=O)c2cccc3cc(N)cc(c23)C1=O. The molecule has 0 aliphatic carbocycles. The second kappa shape index (κ2) is 7.21. The van der Waals surface area contributed by atoms with Gasteiger partial charge in [-0.05, 0) is 63.1 Å². The molecule has 0 radical (unpaired) electrons. The van der Waals surface area contributed by atoms with E-state index in [1.54, 1.807) is 18.2 Å². The predicted molar refractivity (Wildman–Crippen MR) is 99.5 cm³/mol. The number of amides is 2. The Kier molecular flexibility index (Phi) is 5.01. The minimum absolute atomic E-state index is 0.225. The summed E-state index contributed by atoms with van der Waals surface area (Å²) in [5.74, 6) is -0.483. The summed E-state index contributed by atoms with van der Waals surface area (Å²) in [5.41, 5.74) is 13.1. The fraction of sp³-hybridized carbons (Fsp3) is 0.368. The van der Waals surface area contributed by atoms with E-state index in [4.69, 9.17) is 11.5 Å². The van der Waals surface area contributed by atoms with Crippen LogP contribution in [-0.4, -0.2) is 54.8 Å².